The van der Waals surface area contributed by atoms with Gasteiger partial charge in [0.2, 0.25) is 0 Å². The summed E-state index contributed by atoms with van der Waals surface area (Å²) in [6, 6.07) is 0. The molecule has 0 N–H and O–H groups in total. The van der Waals surface area contributed by atoms with Crippen molar-refractivity contribution in [2.75, 3.05) is 0 Å². The molecule has 1 heteroatoms. The summed E-state index contributed by atoms with van der Waals surface area (Å²) in [6.07, 6.45) is 16.2. The molecule has 0 saturated heterocycles. The van der Waals surface area contributed by atoms with Gasteiger partial charge >= 0.3 is 0 Å². The molecule has 114 valence electrons. The maximum Gasteiger partial charge on any atom is 0.135 e. The van der Waals surface area contributed by atoms with Gasteiger partial charge in [-0.05, 0) is 13.3 Å². The van der Waals surface area contributed by atoms with E-state index < -0.39 is 0 Å². The van der Waals surface area contributed by atoms with Crippen molar-refractivity contribution in [1.29, 1.82) is 0 Å². The van der Waals surface area contributed by atoms with Gasteiger partial charge in [-0.15, -0.1) is 0 Å². The van der Waals surface area contributed by atoms with Gasteiger partial charge in [0.15, 0.2) is 0 Å². The van der Waals surface area contributed by atoms with Crippen LogP contribution in [0, 0.1) is 5.41 Å². The monoisotopic (exact) mass is 268 g/mol. The maximum absolute atomic E-state index is 11.4. The number of carbonyl (C=O) groups is 1. The largest absolute Gasteiger partial charge is 0.299 e. The Balaban J connectivity index is 3.21. The van der Waals surface area contributed by atoms with Gasteiger partial charge in [0.05, 0.1) is 0 Å². The van der Waals surface area contributed by atoms with Gasteiger partial charge in [0.1, 0.15) is 5.78 Å². The Morgan fingerprint density at radius 1 is 0.737 bits per heavy atom. The highest BCUT2D eigenvalue weighted by Crippen LogP contribution is 2.25. The first-order valence-electron chi connectivity index (χ1n) is 8.51. The molecule has 0 rings (SSSR count). The number of Topliss-reactive ketones (excluding diaryl/α,β-unsaturated/α-hetero) is 1. The van der Waals surface area contributed by atoms with Crippen molar-refractivity contribution >= 4 is 5.78 Å². The molecule has 0 aromatic carbocycles. The molecule has 0 unspecified atom stereocenters. The SMILES string of the molecule is CCCCCCCCCCCCCC(C)(C)C(C)=O. The second-order valence-electron chi connectivity index (χ2n) is 6.73. The molecule has 0 aromatic heterocycles. The summed E-state index contributed by atoms with van der Waals surface area (Å²) in [5, 5.41) is 0. The Morgan fingerprint density at radius 2 is 1.11 bits per heavy atom. The Morgan fingerprint density at radius 3 is 1.47 bits per heavy atom. The Kier molecular flexibility index (Phi) is 11.3. The topological polar surface area (TPSA) is 17.1 Å². The third-order valence-electron chi connectivity index (χ3n) is 4.36. The van der Waals surface area contributed by atoms with Crippen LogP contribution in [0.1, 0.15) is 105 Å². The molecule has 0 bridgehead atoms. The fourth-order valence-electron chi connectivity index (χ4n) is 2.41. The summed E-state index contributed by atoms with van der Waals surface area (Å²) in [7, 11) is 0. The van der Waals surface area contributed by atoms with Crippen molar-refractivity contribution in [1.82, 2.24) is 0 Å². The van der Waals surface area contributed by atoms with Crippen LogP contribution >= 0.6 is 0 Å². The number of unbranched alkanes of at least 4 members (excludes halogenated alkanes) is 10. The van der Waals surface area contributed by atoms with E-state index in [9.17, 15) is 4.79 Å². The zero-order chi connectivity index (χ0) is 14.6. The highest BCUT2D eigenvalue weighted by atomic mass is 16.1. The number of hydrogen-bond donors (Lipinski definition) is 0. The molecule has 0 heterocycles. The summed E-state index contributed by atoms with van der Waals surface area (Å²) in [5.74, 6) is 0.333. The number of rotatable bonds is 13. The average Bonchev–Trinajstić information content (AvgIpc) is 2.35. The van der Waals surface area contributed by atoms with Gasteiger partial charge in [-0.2, -0.15) is 0 Å². The molecular weight excluding hydrogens is 232 g/mol. The molecule has 0 saturated carbocycles. The first kappa shape index (κ1) is 18.7. The molecule has 0 aromatic rings. The van der Waals surface area contributed by atoms with Crippen LogP contribution in [0.3, 0.4) is 0 Å². The number of ketones is 1. The highest BCUT2D eigenvalue weighted by molar-refractivity contribution is 5.81. The molecule has 0 spiro atoms. The standard InChI is InChI=1S/C18H36O/c1-5-6-7-8-9-10-11-12-13-14-15-16-18(3,4)17(2)19/h5-16H2,1-4H3. The molecule has 0 aliphatic carbocycles. The van der Waals surface area contributed by atoms with Gasteiger partial charge in [-0.1, -0.05) is 91.4 Å². The van der Waals surface area contributed by atoms with E-state index in [1.807, 2.05) is 0 Å². The van der Waals surface area contributed by atoms with E-state index in [0.717, 1.165) is 6.42 Å². The molecule has 1 nitrogen and oxygen atoms in total. The lowest BCUT2D eigenvalue weighted by Gasteiger charge is -2.20. The van der Waals surface area contributed by atoms with E-state index in [1.54, 1.807) is 6.92 Å². The van der Waals surface area contributed by atoms with E-state index in [2.05, 4.69) is 20.8 Å². The summed E-state index contributed by atoms with van der Waals surface area (Å²) < 4.78 is 0. The number of carbonyl (C=O) groups excluding carboxylic acids is 1. The van der Waals surface area contributed by atoms with Crippen LogP contribution in [0.2, 0.25) is 0 Å². The lowest BCUT2D eigenvalue weighted by molar-refractivity contribution is -0.125. The van der Waals surface area contributed by atoms with Crippen molar-refractivity contribution in [3.05, 3.63) is 0 Å². The molecular formula is C18H36O. The van der Waals surface area contributed by atoms with Crippen LogP contribution in [0.25, 0.3) is 0 Å². The quantitative estimate of drug-likeness (QED) is 0.358. The fraction of sp³-hybridized carbons (Fsp3) is 0.944. The summed E-state index contributed by atoms with van der Waals surface area (Å²) in [6.45, 7) is 8.14. The summed E-state index contributed by atoms with van der Waals surface area (Å²) in [4.78, 5) is 11.4. The zero-order valence-corrected chi connectivity index (χ0v) is 13.9. The van der Waals surface area contributed by atoms with Gasteiger partial charge in [0, 0.05) is 5.41 Å². The van der Waals surface area contributed by atoms with E-state index in [-0.39, 0.29) is 5.41 Å². The second kappa shape index (κ2) is 11.5. The van der Waals surface area contributed by atoms with Crippen LogP contribution < -0.4 is 0 Å². The van der Waals surface area contributed by atoms with E-state index in [4.69, 9.17) is 0 Å². The highest BCUT2D eigenvalue weighted by Gasteiger charge is 2.22. The third kappa shape index (κ3) is 11.2. The van der Waals surface area contributed by atoms with Crippen molar-refractivity contribution < 1.29 is 4.79 Å². The molecule has 0 radical (unpaired) electrons. The lowest BCUT2D eigenvalue weighted by Crippen LogP contribution is -2.20. The van der Waals surface area contributed by atoms with Crippen LogP contribution in [0.5, 0.6) is 0 Å². The molecule has 0 amide bonds. The van der Waals surface area contributed by atoms with E-state index in [1.165, 1.54) is 70.6 Å². The zero-order valence-electron chi connectivity index (χ0n) is 13.9. The molecule has 0 atom stereocenters. The van der Waals surface area contributed by atoms with Crippen molar-refractivity contribution in [2.24, 2.45) is 5.41 Å². The van der Waals surface area contributed by atoms with Gasteiger partial charge in [0.25, 0.3) is 0 Å². The molecule has 0 aliphatic rings. The molecule has 19 heavy (non-hydrogen) atoms. The van der Waals surface area contributed by atoms with Gasteiger partial charge in [-0.25, -0.2) is 0 Å². The normalized spacial score (nSPS) is 11.8. The van der Waals surface area contributed by atoms with E-state index >= 15 is 0 Å². The van der Waals surface area contributed by atoms with Crippen molar-refractivity contribution in [2.45, 2.75) is 105 Å². The maximum atomic E-state index is 11.4. The first-order chi connectivity index (χ1) is 9.00. The average molecular weight is 268 g/mol. The van der Waals surface area contributed by atoms with Crippen LogP contribution in [-0.2, 0) is 4.79 Å². The van der Waals surface area contributed by atoms with Crippen LogP contribution in [0.15, 0.2) is 0 Å². The second-order valence-corrected chi connectivity index (χ2v) is 6.73. The van der Waals surface area contributed by atoms with Crippen LogP contribution in [0.4, 0.5) is 0 Å². The van der Waals surface area contributed by atoms with Gasteiger partial charge < -0.3 is 0 Å². The first-order valence-corrected chi connectivity index (χ1v) is 8.51. The molecule has 0 aliphatic heterocycles. The summed E-state index contributed by atoms with van der Waals surface area (Å²) >= 11 is 0. The Bertz CT molecular complexity index is 218. The molecule has 0 fully saturated rings. The van der Waals surface area contributed by atoms with Crippen molar-refractivity contribution in [3.63, 3.8) is 0 Å². The predicted octanol–water partition coefficient (Wildman–Crippen LogP) is 6.30. The van der Waals surface area contributed by atoms with Crippen molar-refractivity contribution in [3.8, 4) is 0 Å². The Hall–Kier alpha value is -0.330. The smallest absolute Gasteiger partial charge is 0.135 e. The summed E-state index contributed by atoms with van der Waals surface area (Å²) in [5.41, 5.74) is -0.0979. The Labute approximate surface area is 121 Å². The fourth-order valence-corrected chi connectivity index (χ4v) is 2.41. The lowest BCUT2D eigenvalue weighted by atomic mass is 9.83. The van der Waals surface area contributed by atoms with E-state index in [0.29, 0.717) is 5.78 Å². The third-order valence-corrected chi connectivity index (χ3v) is 4.36. The predicted molar refractivity (Wildman–Crippen MR) is 85.5 cm³/mol. The number of hydrogen-bond acceptors (Lipinski definition) is 1. The van der Waals surface area contributed by atoms with Gasteiger partial charge in [-0.3, -0.25) is 4.79 Å². The van der Waals surface area contributed by atoms with Crippen LogP contribution in [-0.4, -0.2) is 5.78 Å². The minimum Gasteiger partial charge on any atom is -0.299 e. The minimum atomic E-state index is -0.0979. The minimum absolute atomic E-state index is 0.0979.